The molecule has 0 amide bonds. The number of aromatic hydroxyl groups is 1. The zero-order valence-corrected chi connectivity index (χ0v) is 9.11. The van der Waals surface area contributed by atoms with Gasteiger partial charge in [0.2, 0.25) is 0 Å². The van der Waals surface area contributed by atoms with E-state index in [1.54, 1.807) is 18.7 Å². The summed E-state index contributed by atoms with van der Waals surface area (Å²) in [5.74, 6) is -0.273. The fourth-order valence-corrected chi connectivity index (χ4v) is 1.34. The van der Waals surface area contributed by atoms with E-state index in [9.17, 15) is 4.79 Å². The van der Waals surface area contributed by atoms with E-state index in [1.165, 1.54) is 24.3 Å². The zero-order valence-electron chi connectivity index (χ0n) is 9.11. The van der Waals surface area contributed by atoms with E-state index >= 15 is 0 Å². The highest BCUT2D eigenvalue weighted by molar-refractivity contribution is 5.89. The molecule has 0 saturated carbocycles. The molecule has 0 fully saturated rings. The lowest BCUT2D eigenvalue weighted by Crippen LogP contribution is -2.10. The molecule has 88 valence electrons. The number of hydrogen-bond acceptors (Lipinski definition) is 4. The molecule has 1 aromatic carbocycles. The van der Waals surface area contributed by atoms with Gasteiger partial charge in [0.15, 0.2) is 0 Å². The van der Waals surface area contributed by atoms with Crippen LogP contribution >= 0.6 is 0 Å². The largest absolute Gasteiger partial charge is 0.508 e. The van der Waals surface area contributed by atoms with Gasteiger partial charge >= 0.3 is 5.97 Å². The molecule has 2 aromatic rings. The number of ether oxygens (including phenoxy) is 1. The van der Waals surface area contributed by atoms with E-state index in [1.807, 2.05) is 4.57 Å². The smallest absolute Gasteiger partial charge is 0.338 e. The van der Waals surface area contributed by atoms with Crippen LogP contribution in [0.15, 0.2) is 43.0 Å². The van der Waals surface area contributed by atoms with Crippen molar-refractivity contribution in [3.63, 3.8) is 0 Å². The molecule has 2 rings (SSSR count). The van der Waals surface area contributed by atoms with Crippen LogP contribution in [0.5, 0.6) is 5.75 Å². The van der Waals surface area contributed by atoms with Gasteiger partial charge in [-0.2, -0.15) is 0 Å². The Morgan fingerprint density at radius 2 is 2.12 bits per heavy atom. The fraction of sp³-hybridized carbons (Fsp3) is 0.167. The number of aromatic nitrogens is 2. The Kier molecular flexibility index (Phi) is 3.40. The molecule has 1 heterocycles. The zero-order chi connectivity index (χ0) is 12.1. The predicted molar refractivity (Wildman–Crippen MR) is 60.6 cm³/mol. The Labute approximate surface area is 98.3 Å². The maximum atomic E-state index is 11.6. The van der Waals surface area contributed by atoms with E-state index in [4.69, 9.17) is 9.84 Å². The summed E-state index contributed by atoms with van der Waals surface area (Å²) in [6, 6.07) is 5.95. The number of phenols is 1. The number of imidazole rings is 1. The van der Waals surface area contributed by atoms with Gasteiger partial charge in [0.05, 0.1) is 18.4 Å². The normalized spacial score (nSPS) is 10.1. The first-order valence-electron chi connectivity index (χ1n) is 5.17. The van der Waals surface area contributed by atoms with Crippen molar-refractivity contribution in [1.82, 2.24) is 9.55 Å². The molecule has 0 bridgehead atoms. The van der Waals surface area contributed by atoms with E-state index in [0.717, 1.165) is 0 Å². The van der Waals surface area contributed by atoms with Gasteiger partial charge in [0, 0.05) is 12.4 Å². The number of hydrogen-bond donors (Lipinski definition) is 1. The Morgan fingerprint density at radius 3 is 2.76 bits per heavy atom. The summed E-state index contributed by atoms with van der Waals surface area (Å²) in [4.78, 5) is 15.4. The molecule has 0 aliphatic heterocycles. The van der Waals surface area contributed by atoms with Crippen LogP contribution in [-0.2, 0) is 11.3 Å². The van der Waals surface area contributed by atoms with E-state index < -0.39 is 5.97 Å². The maximum absolute atomic E-state index is 11.6. The highest BCUT2D eigenvalue weighted by Gasteiger charge is 2.06. The van der Waals surface area contributed by atoms with Crippen LogP contribution in [0, 0.1) is 0 Å². The average Bonchev–Trinajstić information content (AvgIpc) is 2.83. The summed E-state index contributed by atoms with van der Waals surface area (Å²) < 4.78 is 6.90. The van der Waals surface area contributed by atoms with Crippen molar-refractivity contribution in [2.75, 3.05) is 6.61 Å². The molecular formula is C12H12N2O3. The summed E-state index contributed by atoms with van der Waals surface area (Å²) >= 11 is 0. The first kappa shape index (κ1) is 11.2. The molecule has 0 spiro atoms. The first-order chi connectivity index (χ1) is 8.25. The molecule has 0 unspecified atom stereocenters. The third-order valence-electron chi connectivity index (χ3n) is 2.24. The minimum atomic E-state index is -0.398. The van der Waals surface area contributed by atoms with Gasteiger partial charge in [-0.25, -0.2) is 9.78 Å². The second-order valence-electron chi connectivity index (χ2n) is 3.48. The van der Waals surface area contributed by atoms with Crippen LogP contribution in [-0.4, -0.2) is 27.2 Å². The number of benzene rings is 1. The Bertz CT molecular complexity index is 477. The van der Waals surface area contributed by atoms with Gasteiger partial charge in [-0.1, -0.05) is 0 Å². The van der Waals surface area contributed by atoms with Crippen molar-refractivity contribution >= 4 is 5.97 Å². The minimum Gasteiger partial charge on any atom is -0.508 e. The number of esters is 1. The molecule has 1 N–H and O–H groups in total. The van der Waals surface area contributed by atoms with Crippen molar-refractivity contribution < 1.29 is 14.6 Å². The topological polar surface area (TPSA) is 64.4 Å². The highest BCUT2D eigenvalue weighted by atomic mass is 16.5. The maximum Gasteiger partial charge on any atom is 0.338 e. The SMILES string of the molecule is O=C(OCCn1ccnc1)c1ccc(O)cc1. The highest BCUT2D eigenvalue weighted by Crippen LogP contribution is 2.10. The van der Waals surface area contributed by atoms with Gasteiger partial charge in [0.25, 0.3) is 0 Å². The second kappa shape index (κ2) is 5.16. The van der Waals surface area contributed by atoms with Crippen LogP contribution < -0.4 is 0 Å². The molecule has 5 heteroatoms. The second-order valence-corrected chi connectivity index (χ2v) is 3.48. The van der Waals surface area contributed by atoms with Crippen molar-refractivity contribution in [1.29, 1.82) is 0 Å². The summed E-state index contributed by atoms with van der Waals surface area (Å²) in [6.45, 7) is 0.861. The van der Waals surface area contributed by atoms with Crippen LogP contribution in [0.25, 0.3) is 0 Å². The van der Waals surface area contributed by atoms with Crippen molar-refractivity contribution in [2.24, 2.45) is 0 Å². The lowest BCUT2D eigenvalue weighted by molar-refractivity contribution is 0.0491. The van der Waals surface area contributed by atoms with Gasteiger partial charge in [-0.3, -0.25) is 0 Å². The van der Waals surface area contributed by atoms with Gasteiger partial charge in [-0.05, 0) is 24.3 Å². The van der Waals surface area contributed by atoms with Gasteiger partial charge in [0.1, 0.15) is 12.4 Å². The molecule has 0 aliphatic carbocycles. The van der Waals surface area contributed by atoms with Gasteiger partial charge in [-0.15, -0.1) is 0 Å². The number of rotatable bonds is 4. The summed E-state index contributed by atoms with van der Waals surface area (Å²) in [5.41, 5.74) is 0.424. The molecule has 0 aliphatic rings. The Morgan fingerprint density at radius 1 is 1.35 bits per heavy atom. The number of carbonyl (C=O) groups excluding carboxylic acids is 1. The standard InChI is InChI=1S/C12H12N2O3/c15-11-3-1-10(2-4-11)12(16)17-8-7-14-6-5-13-9-14/h1-6,9,15H,7-8H2. The minimum absolute atomic E-state index is 0.125. The van der Waals surface area contributed by atoms with Crippen LogP contribution in [0.3, 0.4) is 0 Å². The van der Waals surface area contributed by atoms with E-state index in [0.29, 0.717) is 12.1 Å². The lowest BCUT2D eigenvalue weighted by atomic mass is 10.2. The Balaban J connectivity index is 1.83. The monoisotopic (exact) mass is 232 g/mol. The van der Waals surface area contributed by atoms with Crippen molar-refractivity contribution in [3.05, 3.63) is 48.5 Å². The molecular weight excluding hydrogens is 220 g/mol. The third-order valence-corrected chi connectivity index (χ3v) is 2.24. The lowest BCUT2D eigenvalue weighted by Gasteiger charge is -2.05. The van der Waals surface area contributed by atoms with Gasteiger partial charge < -0.3 is 14.4 Å². The van der Waals surface area contributed by atoms with Crippen molar-refractivity contribution in [2.45, 2.75) is 6.54 Å². The molecule has 1 aromatic heterocycles. The quantitative estimate of drug-likeness (QED) is 0.810. The van der Waals surface area contributed by atoms with Crippen LogP contribution in [0.1, 0.15) is 10.4 Å². The van der Waals surface area contributed by atoms with E-state index in [2.05, 4.69) is 4.98 Å². The third kappa shape index (κ3) is 3.07. The number of nitrogens with zero attached hydrogens (tertiary/aromatic N) is 2. The van der Waals surface area contributed by atoms with Crippen LogP contribution in [0.4, 0.5) is 0 Å². The van der Waals surface area contributed by atoms with Crippen LogP contribution in [0.2, 0.25) is 0 Å². The Hall–Kier alpha value is -2.30. The van der Waals surface area contributed by atoms with E-state index in [-0.39, 0.29) is 12.4 Å². The average molecular weight is 232 g/mol. The predicted octanol–water partition coefficient (Wildman–Crippen LogP) is 1.45. The first-order valence-corrected chi connectivity index (χ1v) is 5.17. The molecule has 0 saturated heterocycles. The number of carbonyl (C=O) groups is 1. The molecule has 17 heavy (non-hydrogen) atoms. The summed E-state index contributed by atoms with van der Waals surface area (Å²) in [5, 5.41) is 9.08. The summed E-state index contributed by atoms with van der Waals surface area (Å²) in [6.07, 6.45) is 5.13. The fourth-order valence-electron chi connectivity index (χ4n) is 1.34. The molecule has 5 nitrogen and oxygen atoms in total. The molecule has 0 radical (unpaired) electrons. The molecule has 0 atom stereocenters. The summed E-state index contributed by atoms with van der Waals surface area (Å²) in [7, 11) is 0. The number of phenolic OH excluding ortho intramolecular Hbond substituents is 1. The van der Waals surface area contributed by atoms with Crippen molar-refractivity contribution in [3.8, 4) is 5.75 Å².